The molecule has 16 heteroatoms. The summed E-state index contributed by atoms with van der Waals surface area (Å²) in [6.45, 7) is 1.63. The van der Waals surface area contributed by atoms with Crippen LogP contribution in [0.5, 0.6) is 0 Å². The first kappa shape index (κ1) is 36.6. The Kier molecular flexibility index (Phi) is 15.4. The van der Waals surface area contributed by atoms with E-state index in [9.17, 15) is 37.2 Å². The van der Waals surface area contributed by atoms with Gasteiger partial charge in [-0.1, -0.05) is 24.3 Å². The van der Waals surface area contributed by atoms with E-state index in [1.807, 2.05) is 0 Å². The van der Waals surface area contributed by atoms with Gasteiger partial charge in [-0.05, 0) is 38.3 Å². The van der Waals surface area contributed by atoms with Gasteiger partial charge in [-0.2, -0.15) is 8.42 Å². The third-order valence-electron chi connectivity index (χ3n) is 6.18. The van der Waals surface area contributed by atoms with Crippen LogP contribution < -0.4 is 16.0 Å². The van der Waals surface area contributed by atoms with Gasteiger partial charge in [0.25, 0.3) is 28.4 Å². The second kappa shape index (κ2) is 18.9. The Morgan fingerprint density at radius 1 is 1.07 bits per heavy atom. The number of rotatable bonds is 19. The van der Waals surface area contributed by atoms with E-state index in [0.717, 1.165) is 4.90 Å². The average molecular weight is 649 g/mol. The Hall–Kier alpha value is -4.59. The van der Waals surface area contributed by atoms with E-state index in [1.165, 1.54) is 19.1 Å². The first-order valence-corrected chi connectivity index (χ1v) is 15.6. The summed E-state index contributed by atoms with van der Waals surface area (Å²) in [7, 11) is -4.07. The lowest BCUT2D eigenvalue weighted by Gasteiger charge is -2.15. The second-order valence-electron chi connectivity index (χ2n) is 9.80. The number of unbranched alkanes of at least 4 members (excludes halogenated alkanes) is 2. The number of hydrogen-bond acceptors (Lipinski definition) is 10. The highest BCUT2D eigenvalue weighted by Crippen LogP contribution is 2.17. The van der Waals surface area contributed by atoms with Crippen LogP contribution in [0, 0.1) is 11.8 Å². The minimum absolute atomic E-state index is 0.0450. The molecule has 1 heterocycles. The Morgan fingerprint density at radius 3 is 2.49 bits per heavy atom. The molecule has 0 radical (unpaired) electrons. The van der Waals surface area contributed by atoms with E-state index in [4.69, 9.17) is 14.0 Å². The normalized spacial score (nSPS) is 13.1. The molecule has 0 saturated heterocycles. The molecular weight excluding hydrogens is 612 g/mol. The zero-order valence-corrected chi connectivity index (χ0v) is 25.5. The van der Waals surface area contributed by atoms with Gasteiger partial charge in [-0.3, -0.25) is 38.2 Å². The molecule has 0 aromatic heterocycles. The molecule has 1 unspecified atom stereocenters. The number of imide groups is 1. The third-order valence-corrected chi connectivity index (χ3v) is 6.98. The topological polar surface area (TPSA) is 215 Å². The first-order valence-electron chi connectivity index (χ1n) is 14.0. The van der Waals surface area contributed by atoms with Gasteiger partial charge >= 0.3 is 0 Å². The van der Waals surface area contributed by atoms with Gasteiger partial charge in [-0.25, -0.2) is 0 Å². The van der Waals surface area contributed by atoms with Gasteiger partial charge in [0.15, 0.2) is 0 Å². The maximum Gasteiger partial charge on any atom is 0.293 e. The van der Waals surface area contributed by atoms with E-state index >= 15 is 0 Å². The van der Waals surface area contributed by atoms with Gasteiger partial charge in [0.05, 0.1) is 12.3 Å². The standard InChI is InChI=1S/C29H36N4O11S/c1-21(31-26(36)18-30-25(35)8-3-2-4-13-33-27(37)11-12-28(33)38)29(39)32-24-10-9-23(19-44-20-34)22(17-24)7-5-14-43-15-6-16-45(40,41)42/h9-12,17,20-21H,2-4,6,8,13-16,18-19H2,1H3,(H,30,35)(H,31,36)(H,32,39)(H,40,41,42). The quantitative estimate of drug-likeness (QED) is 0.0517. The van der Waals surface area contributed by atoms with E-state index < -0.39 is 33.7 Å². The largest absolute Gasteiger partial charge is 0.463 e. The van der Waals surface area contributed by atoms with Crippen molar-refractivity contribution in [3.63, 3.8) is 0 Å². The molecule has 45 heavy (non-hydrogen) atoms. The number of nitrogens with one attached hydrogen (secondary N) is 3. The van der Waals surface area contributed by atoms with Crippen LogP contribution in [-0.4, -0.2) is 92.0 Å². The van der Waals surface area contributed by atoms with Crippen LogP contribution >= 0.6 is 0 Å². The molecule has 1 aliphatic rings. The van der Waals surface area contributed by atoms with Gasteiger partial charge in [0.1, 0.15) is 19.3 Å². The highest BCUT2D eigenvalue weighted by molar-refractivity contribution is 7.85. The lowest BCUT2D eigenvalue weighted by Crippen LogP contribution is -2.45. The molecule has 2 rings (SSSR count). The Balaban J connectivity index is 1.76. The van der Waals surface area contributed by atoms with Crippen LogP contribution in [0.3, 0.4) is 0 Å². The van der Waals surface area contributed by atoms with E-state index in [1.54, 1.807) is 18.2 Å². The Morgan fingerprint density at radius 2 is 1.80 bits per heavy atom. The van der Waals surface area contributed by atoms with Gasteiger partial charge < -0.3 is 25.4 Å². The lowest BCUT2D eigenvalue weighted by atomic mass is 10.1. The minimum Gasteiger partial charge on any atom is -0.463 e. The first-order chi connectivity index (χ1) is 21.4. The summed E-state index contributed by atoms with van der Waals surface area (Å²) in [6, 6.07) is 3.74. The predicted molar refractivity (Wildman–Crippen MR) is 160 cm³/mol. The van der Waals surface area contributed by atoms with Crippen molar-refractivity contribution in [3.8, 4) is 11.8 Å². The number of carbonyl (C=O) groups excluding carboxylic acids is 6. The minimum atomic E-state index is -4.07. The van der Waals surface area contributed by atoms with Crippen molar-refractivity contribution < 1.29 is 51.2 Å². The van der Waals surface area contributed by atoms with E-state index in [2.05, 4.69) is 27.8 Å². The molecule has 1 aromatic rings. The molecule has 0 spiro atoms. The molecule has 0 saturated carbocycles. The fraction of sp³-hybridized carbons (Fsp3) is 0.448. The summed E-state index contributed by atoms with van der Waals surface area (Å²) < 4.78 is 40.2. The fourth-order valence-corrected chi connectivity index (χ4v) is 4.36. The molecule has 1 atom stereocenters. The van der Waals surface area contributed by atoms with E-state index in [0.29, 0.717) is 36.1 Å². The van der Waals surface area contributed by atoms with Crippen LogP contribution in [-0.2, 0) is 55.0 Å². The summed E-state index contributed by atoms with van der Waals surface area (Å²) in [6.07, 6.45) is 4.35. The molecule has 1 aliphatic heterocycles. The monoisotopic (exact) mass is 648 g/mol. The average Bonchev–Trinajstić information content (AvgIpc) is 3.30. The summed E-state index contributed by atoms with van der Waals surface area (Å²) in [5.74, 6) is 2.98. The number of carbonyl (C=O) groups is 6. The van der Waals surface area contributed by atoms with Crippen LogP contribution in [0.2, 0.25) is 0 Å². The molecular formula is C29H36N4O11S. The SMILES string of the molecule is CC(NC(=O)CNC(=O)CCCCCN1C(=O)C=CC1=O)C(=O)Nc1ccc(COC=O)c(C#CCOCCCS(=O)(=O)O)c1. The van der Waals surface area contributed by atoms with E-state index in [-0.39, 0.29) is 69.9 Å². The molecule has 0 bridgehead atoms. The number of amides is 5. The smallest absolute Gasteiger partial charge is 0.293 e. The lowest BCUT2D eigenvalue weighted by molar-refractivity contribution is -0.137. The summed E-state index contributed by atoms with van der Waals surface area (Å²) >= 11 is 0. The molecule has 4 N–H and O–H groups in total. The van der Waals surface area contributed by atoms with Gasteiger partial charge in [0, 0.05) is 48.5 Å². The predicted octanol–water partition coefficient (Wildman–Crippen LogP) is 0.0504. The summed E-state index contributed by atoms with van der Waals surface area (Å²) in [5.41, 5.74) is 1.31. The zero-order chi connectivity index (χ0) is 33.2. The van der Waals surface area contributed by atoms with Crippen molar-refractivity contribution in [2.75, 3.05) is 37.4 Å². The van der Waals surface area contributed by atoms with Crippen molar-refractivity contribution in [3.05, 3.63) is 41.5 Å². The molecule has 244 valence electrons. The second-order valence-corrected chi connectivity index (χ2v) is 11.4. The number of anilines is 1. The highest BCUT2D eigenvalue weighted by atomic mass is 32.2. The molecule has 1 aromatic carbocycles. The molecule has 5 amide bonds. The van der Waals surface area contributed by atoms with Crippen molar-refractivity contribution in [1.29, 1.82) is 0 Å². The Bertz CT molecular complexity index is 1430. The van der Waals surface area contributed by atoms with Gasteiger partial charge in [-0.15, -0.1) is 0 Å². The molecule has 15 nitrogen and oxygen atoms in total. The number of hydrogen-bond donors (Lipinski definition) is 4. The molecule has 0 aliphatic carbocycles. The van der Waals surface area contributed by atoms with Gasteiger partial charge in [0.2, 0.25) is 17.7 Å². The summed E-state index contributed by atoms with van der Waals surface area (Å²) in [4.78, 5) is 71.8. The maximum atomic E-state index is 12.7. The van der Waals surface area contributed by atoms with Crippen LogP contribution in [0.25, 0.3) is 0 Å². The Labute approximate surface area is 260 Å². The number of ether oxygens (including phenoxy) is 2. The van der Waals surface area contributed by atoms with Crippen LogP contribution in [0.4, 0.5) is 5.69 Å². The molecule has 0 fully saturated rings. The van der Waals surface area contributed by atoms with Crippen molar-refractivity contribution in [1.82, 2.24) is 15.5 Å². The van der Waals surface area contributed by atoms with Crippen LogP contribution in [0.15, 0.2) is 30.4 Å². The number of benzene rings is 1. The van der Waals surface area contributed by atoms with Crippen molar-refractivity contribution in [2.45, 2.75) is 51.7 Å². The van der Waals surface area contributed by atoms with Crippen molar-refractivity contribution in [2.24, 2.45) is 0 Å². The zero-order valence-electron chi connectivity index (χ0n) is 24.7. The van der Waals surface area contributed by atoms with Crippen molar-refractivity contribution >= 4 is 51.8 Å². The maximum absolute atomic E-state index is 12.7. The van der Waals surface area contributed by atoms with Crippen LogP contribution in [0.1, 0.15) is 50.2 Å². The highest BCUT2D eigenvalue weighted by Gasteiger charge is 2.22. The summed E-state index contributed by atoms with van der Waals surface area (Å²) in [5, 5.41) is 7.63. The third kappa shape index (κ3) is 14.6. The fourth-order valence-electron chi connectivity index (χ4n) is 3.88. The number of nitrogens with zero attached hydrogens (tertiary/aromatic N) is 1.